The van der Waals surface area contributed by atoms with Crippen LogP contribution in [0.1, 0.15) is 64.2 Å². The van der Waals surface area contributed by atoms with Gasteiger partial charge in [-0.25, -0.2) is 0 Å². The second-order valence-electron chi connectivity index (χ2n) is 7.79. The van der Waals surface area contributed by atoms with E-state index >= 15 is 0 Å². The number of rotatable bonds is 9. The molecule has 154 valence electrons. The van der Waals surface area contributed by atoms with Crippen molar-refractivity contribution in [1.82, 2.24) is 5.32 Å². The molecule has 0 bridgehead atoms. The zero-order chi connectivity index (χ0) is 19.8. The first-order chi connectivity index (χ1) is 13.6. The molecule has 1 aromatic carbocycles. The predicted molar refractivity (Wildman–Crippen MR) is 105 cm³/mol. The van der Waals surface area contributed by atoms with E-state index in [4.69, 9.17) is 9.47 Å². The first kappa shape index (κ1) is 20.6. The molecule has 1 atom stereocenters. The van der Waals surface area contributed by atoms with Crippen molar-refractivity contribution in [1.29, 1.82) is 0 Å². The molecule has 0 radical (unpaired) electrons. The Kier molecular flexibility index (Phi) is 7.65. The number of benzene rings is 1. The summed E-state index contributed by atoms with van der Waals surface area (Å²) in [6.07, 6.45) is 10.6. The number of hydrogen-bond acceptors (Lipinski definition) is 6. The molecule has 2 aliphatic carbocycles. The van der Waals surface area contributed by atoms with Crippen molar-refractivity contribution in [2.75, 3.05) is 6.61 Å². The summed E-state index contributed by atoms with van der Waals surface area (Å²) in [7, 11) is 0. The van der Waals surface area contributed by atoms with Gasteiger partial charge in [-0.1, -0.05) is 19.3 Å². The number of hydrogen-bond donors (Lipinski definition) is 1. The van der Waals surface area contributed by atoms with E-state index in [0.717, 1.165) is 38.5 Å². The van der Waals surface area contributed by atoms with Gasteiger partial charge in [-0.2, -0.15) is 0 Å². The lowest BCUT2D eigenvalue weighted by atomic mass is 9.94. The van der Waals surface area contributed by atoms with Gasteiger partial charge in [0.2, 0.25) is 0 Å². The average Bonchev–Trinajstić information content (AvgIpc) is 3.21. The Morgan fingerprint density at radius 3 is 2.36 bits per heavy atom. The maximum Gasteiger partial charge on any atom is 0.323 e. The van der Waals surface area contributed by atoms with Crippen LogP contribution < -0.4 is 10.1 Å². The summed E-state index contributed by atoms with van der Waals surface area (Å²) < 4.78 is 11.4. The maximum atomic E-state index is 12.7. The van der Waals surface area contributed by atoms with E-state index in [1.54, 1.807) is 12.1 Å². The Hall–Kier alpha value is -2.15. The van der Waals surface area contributed by atoms with Crippen LogP contribution in [0.5, 0.6) is 5.75 Å². The largest absolute Gasteiger partial charge is 0.494 e. The molecule has 1 aromatic rings. The standard InChI is InChI=1S/C21H30N2O5/c24-21(28-19-8-4-5-9-19)20(22-16-6-2-1-3-7-16)14-15-27-18-12-10-17(11-13-18)23(25)26/h10-13,16,19-20,22H,1-9,14-15H2. The van der Waals surface area contributed by atoms with Crippen molar-refractivity contribution in [2.45, 2.75) is 82.4 Å². The molecule has 0 aliphatic heterocycles. The van der Waals surface area contributed by atoms with Crippen molar-refractivity contribution in [3.8, 4) is 5.75 Å². The third kappa shape index (κ3) is 6.19. The molecular weight excluding hydrogens is 360 g/mol. The molecular formula is C21H30N2O5. The monoisotopic (exact) mass is 390 g/mol. The van der Waals surface area contributed by atoms with E-state index in [9.17, 15) is 14.9 Å². The highest BCUT2D eigenvalue weighted by Crippen LogP contribution is 2.23. The van der Waals surface area contributed by atoms with Crippen molar-refractivity contribution in [3.63, 3.8) is 0 Å². The van der Waals surface area contributed by atoms with E-state index in [-0.39, 0.29) is 23.8 Å². The summed E-state index contributed by atoms with van der Waals surface area (Å²) >= 11 is 0. The minimum atomic E-state index is -0.438. The van der Waals surface area contributed by atoms with Crippen LogP contribution in [0.2, 0.25) is 0 Å². The van der Waals surface area contributed by atoms with E-state index in [1.807, 2.05) is 0 Å². The highest BCUT2D eigenvalue weighted by Gasteiger charge is 2.28. The topological polar surface area (TPSA) is 90.7 Å². The van der Waals surface area contributed by atoms with Crippen LogP contribution in [0, 0.1) is 10.1 Å². The number of nitro benzene ring substituents is 1. The molecule has 7 nitrogen and oxygen atoms in total. The summed E-state index contributed by atoms with van der Waals surface area (Å²) in [5.41, 5.74) is 0.0318. The van der Waals surface area contributed by atoms with Gasteiger partial charge in [0.25, 0.3) is 5.69 Å². The summed E-state index contributed by atoms with van der Waals surface area (Å²) in [6, 6.07) is 5.98. The molecule has 3 rings (SSSR count). The number of nitrogens with zero attached hydrogens (tertiary/aromatic N) is 1. The first-order valence-electron chi connectivity index (χ1n) is 10.5. The molecule has 2 aliphatic rings. The number of carbonyl (C=O) groups is 1. The van der Waals surface area contributed by atoms with Gasteiger partial charge in [-0.15, -0.1) is 0 Å². The van der Waals surface area contributed by atoms with Gasteiger partial charge in [-0.05, 0) is 50.7 Å². The SMILES string of the molecule is O=C(OC1CCCC1)C(CCOc1ccc([N+](=O)[O-])cc1)NC1CCCCC1. The number of nitrogens with one attached hydrogen (secondary N) is 1. The smallest absolute Gasteiger partial charge is 0.323 e. The van der Waals surface area contributed by atoms with Gasteiger partial charge in [0.1, 0.15) is 17.9 Å². The highest BCUT2D eigenvalue weighted by atomic mass is 16.6. The van der Waals surface area contributed by atoms with E-state index in [1.165, 1.54) is 31.4 Å². The van der Waals surface area contributed by atoms with Gasteiger partial charge >= 0.3 is 5.97 Å². The normalized spacial score (nSPS) is 19.3. The number of non-ortho nitro benzene ring substituents is 1. The van der Waals surface area contributed by atoms with Gasteiger partial charge < -0.3 is 14.8 Å². The van der Waals surface area contributed by atoms with Crippen LogP contribution in [0.4, 0.5) is 5.69 Å². The number of nitro groups is 1. The van der Waals surface area contributed by atoms with Crippen molar-refractivity contribution < 1.29 is 19.2 Å². The summed E-state index contributed by atoms with van der Waals surface area (Å²) in [5.74, 6) is 0.385. The zero-order valence-corrected chi connectivity index (χ0v) is 16.3. The van der Waals surface area contributed by atoms with Crippen LogP contribution >= 0.6 is 0 Å². The summed E-state index contributed by atoms with van der Waals surface area (Å²) in [6.45, 7) is 0.349. The lowest BCUT2D eigenvalue weighted by Crippen LogP contribution is -2.46. The molecule has 0 heterocycles. The molecule has 2 saturated carbocycles. The highest BCUT2D eigenvalue weighted by molar-refractivity contribution is 5.76. The molecule has 2 fully saturated rings. The minimum absolute atomic E-state index is 0.0318. The van der Waals surface area contributed by atoms with Crippen molar-refractivity contribution in [2.24, 2.45) is 0 Å². The molecule has 0 aromatic heterocycles. The van der Waals surface area contributed by atoms with Gasteiger partial charge in [0, 0.05) is 24.6 Å². The fourth-order valence-electron chi connectivity index (χ4n) is 4.03. The van der Waals surface area contributed by atoms with E-state index in [0.29, 0.717) is 24.8 Å². The quantitative estimate of drug-likeness (QED) is 0.387. The minimum Gasteiger partial charge on any atom is -0.494 e. The Balaban J connectivity index is 1.52. The van der Waals surface area contributed by atoms with Gasteiger partial charge in [0.15, 0.2) is 0 Å². The molecule has 1 unspecified atom stereocenters. The van der Waals surface area contributed by atoms with Crippen LogP contribution in [0.3, 0.4) is 0 Å². The predicted octanol–water partition coefficient (Wildman–Crippen LogP) is 4.14. The van der Waals surface area contributed by atoms with E-state index in [2.05, 4.69) is 5.32 Å². The fourth-order valence-corrected chi connectivity index (χ4v) is 4.03. The summed E-state index contributed by atoms with van der Waals surface area (Å²) in [4.78, 5) is 23.0. The van der Waals surface area contributed by atoms with Crippen LogP contribution in [0.15, 0.2) is 24.3 Å². The van der Waals surface area contributed by atoms with Gasteiger partial charge in [0.05, 0.1) is 11.5 Å². The average molecular weight is 390 g/mol. The Morgan fingerprint density at radius 2 is 1.71 bits per heavy atom. The third-order valence-corrected chi connectivity index (χ3v) is 5.63. The Morgan fingerprint density at radius 1 is 1.07 bits per heavy atom. The summed E-state index contributed by atoms with van der Waals surface area (Å²) in [5, 5.41) is 14.2. The van der Waals surface area contributed by atoms with E-state index < -0.39 is 4.92 Å². The van der Waals surface area contributed by atoms with Crippen LogP contribution in [0.25, 0.3) is 0 Å². The van der Waals surface area contributed by atoms with Crippen LogP contribution in [-0.2, 0) is 9.53 Å². The molecule has 7 heteroatoms. The molecule has 0 saturated heterocycles. The second kappa shape index (κ2) is 10.4. The zero-order valence-electron chi connectivity index (χ0n) is 16.3. The Bertz CT molecular complexity index is 637. The van der Waals surface area contributed by atoms with Crippen molar-refractivity contribution in [3.05, 3.63) is 34.4 Å². The lowest BCUT2D eigenvalue weighted by Gasteiger charge is -2.28. The first-order valence-corrected chi connectivity index (χ1v) is 10.5. The second-order valence-corrected chi connectivity index (χ2v) is 7.79. The molecule has 28 heavy (non-hydrogen) atoms. The van der Waals surface area contributed by atoms with Gasteiger partial charge in [-0.3, -0.25) is 14.9 Å². The number of ether oxygens (including phenoxy) is 2. The molecule has 1 N–H and O–H groups in total. The number of esters is 1. The van der Waals surface area contributed by atoms with Crippen LogP contribution in [-0.4, -0.2) is 35.7 Å². The Labute approximate surface area is 165 Å². The molecule has 0 spiro atoms. The molecule has 0 amide bonds. The van der Waals surface area contributed by atoms with Crippen molar-refractivity contribution >= 4 is 11.7 Å². The lowest BCUT2D eigenvalue weighted by molar-refractivity contribution is -0.384. The maximum absolute atomic E-state index is 12.7. The number of carbonyl (C=O) groups excluding carboxylic acids is 1. The fraction of sp³-hybridized carbons (Fsp3) is 0.667. The third-order valence-electron chi connectivity index (χ3n) is 5.63.